The molecule has 1 aliphatic rings. The van der Waals surface area contributed by atoms with E-state index in [1.165, 1.54) is 12.8 Å². The van der Waals surface area contributed by atoms with Gasteiger partial charge < -0.3 is 4.74 Å². The van der Waals surface area contributed by atoms with Crippen molar-refractivity contribution in [1.82, 2.24) is 0 Å². The van der Waals surface area contributed by atoms with Gasteiger partial charge in [-0.2, -0.15) is 0 Å². The first-order chi connectivity index (χ1) is 6.36. The normalized spacial score (nSPS) is 26.6. The molecule has 0 aromatic heterocycles. The summed E-state index contributed by atoms with van der Waals surface area (Å²) in [5.74, 6) is 5.95. The van der Waals surface area contributed by atoms with Crippen molar-refractivity contribution in [3.05, 3.63) is 12.2 Å². The van der Waals surface area contributed by atoms with E-state index in [1.54, 1.807) is 0 Å². The lowest BCUT2D eigenvalue weighted by atomic mass is 10.1. The molecule has 0 amide bonds. The highest BCUT2D eigenvalue weighted by molar-refractivity contribution is 5.04. The van der Waals surface area contributed by atoms with Crippen LogP contribution in [0.15, 0.2) is 12.2 Å². The summed E-state index contributed by atoms with van der Waals surface area (Å²) in [5.41, 5.74) is 0. The highest BCUT2D eigenvalue weighted by atomic mass is 16.5. The molecule has 0 bridgehead atoms. The number of rotatable bonds is 3. The maximum Gasteiger partial charge on any atom is 0.0868 e. The lowest BCUT2D eigenvalue weighted by Gasteiger charge is -2.24. The lowest BCUT2D eigenvalue weighted by Crippen LogP contribution is -2.23. The maximum absolute atomic E-state index is 5.84. The molecule has 13 heavy (non-hydrogen) atoms. The van der Waals surface area contributed by atoms with Gasteiger partial charge in [0, 0.05) is 6.42 Å². The third-order valence-corrected chi connectivity index (χ3v) is 2.21. The molecule has 1 aliphatic heterocycles. The summed E-state index contributed by atoms with van der Waals surface area (Å²) in [6, 6.07) is 0. The Kier molecular flexibility index (Phi) is 4.64. The van der Waals surface area contributed by atoms with Gasteiger partial charge in [-0.15, -0.1) is 11.8 Å². The van der Waals surface area contributed by atoms with Gasteiger partial charge in [0.25, 0.3) is 0 Å². The Balaban J connectivity index is 2.35. The Morgan fingerprint density at radius 3 is 3.08 bits per heavy atom. The summed E-state index contributed by atoms with van der Waals surface area (Å²) in [5, 5.41) is 0. The second-order valence-electron chi connectivity index (χ2n) is 3.38. The summed E-state index contributed by atoms with van der Waals surface area (Å²) in [7, 11) is 0. The predicted molar refractivity (Wildman–Crippen MR) is 55.4 cm³/mol. The van der Waals surface area contributed by atoms with E-state index in [0.717, 1.165) is 12.8 Å². The zero-order valence-corrected chi connectivity index (χ0v) is 8.55. The summed E-state index contributed by atoms with van der Waals surface area (Å²) < 4.78 is 5.84. The maximum atomic E-state index is 5.84. The Labute approximate surface area is 81.2 Å². The quantitative estimate of drug-likeness (QED) is 0.477. The molecule has 1 nitrogen and oxygen atoms in total. The van der Waals surface area contributed by atoms with Gasteiger partial charge in [0.1, 0.15) is 0 Å². The van der Waals surface area contributed by atoms with Crippen LogP contribution in [0, 0.1) is 11.8 Å². The molecule has 0 unspecified atom stereocenters. The molecule has 0 aliphatic carbocycles. The van der Waals surface area contributed by atoms with Crippen LogP contribution >= 0.6 is 0 Å². The first-order valence-electron chi connectivity index (χ1n) is 5.08. The topological polar surface area (TPSA) is 9.23 Å². The second-order valence-corrected chi connectivity index (χ2v) is 3.38. The highest BCUT2D eigenvalue weighted by Gasteiger charge is 2.15. The van der Waals surface area contributed by atoms with E-state index >= 15 is 0 Å². The van der Waals surface area contributed by atoms with Gasteiger partial charge in [0.2, 0.25) is 0 Å². The smallest absolute Gasteiger partial charge is 0.0868 e. The standard InChI is InChI=1S/C12H18O/c1-3-5-8-12-10-6-9-11(13-12)7-4-2/h6,10-12H,4,7-9H2,1-2H3/t11-,12-/m1/s1. The first-order valence-corrected chi connectivity index (χ1v) is 5.08. The van der Waals surface area contributed by atoms with E-state index in [0.29, 0.717) is 6.10 Å². The van der Waals surface area contributed by atoms with Gasteiger partial charge in [-0.3, -0.25) is 0 Å². The van der Waals surface area contributed by atoms with Crippen LogP contribution in [-0.4, -0.2) is 12.2 Å². The SMILES string of the molecule is CC#CC[C@@H]1C=CC[C@@H](CCC)O1. The Morgan fingerprint density at radius 2 is 2.38 bits per heavy atom. The average molecular weight is 178 g/mol. The lowest BCUT2D eigenvalue weighted by molar-refractivity contribution is 0.00410. The van der Waals surface area contributed by atoms with Crippen LogP contribution in [0.25, 0.3) is 0 Å². The van der Waals surface area contributed by atoms with Crippen molar-refractivity contribution < 1.29 is 4.74 Å². The van der Waals surface area contributed by atoms with Crippen LogP contribution in [-0.2, 0) is 4.74 Å². The van der Waals surface area contributed by atoms with E-state index in [1.807, 2.05) is 6.92 Å². The minimum absolute atomic E-state index is 0.234. The zero-order chi connectivity index (χ0) is 9.52. The molecule has 0 aromatic carbocycles. The fraction of sp³-hybridized carbons (Fsp3) is 0.667. The molecule has 1 rings (SSSR count). The predicted octanol–water partition coefficient (Wildman–Crippen LogP) is 2.91. The summed E-state index contributed by atoms with van der Waals surface area (Å²) in [4.78, 5) is 0. The van der Waals surface area contributed by atoms with Gasteiger partial charge in [0.05, 0.1) is 12.2 Å². The largest absolute Gasteiger partial charge is 0.370 e. The first kappa shape index (κ1) is 10.3. The molecule has 0 N–H and O–H groups in total. The van der Waals surface area contributed by atoms with Crippen molar-refractivity contribution in [2.45, 2.75) is 51.7 Å². The molecule has 0 radical (unpaired) electrons. The molecule has 1 heteroatoms. The molecule has 0 saturated heterocycles. The average Bonchev–Trinajstić information content (AvgIpc) is 2.16. The van der Waals surface area contributed by atoms with Crippen molar-refractivity contribution in [3.63, 3.8) is 0 Å². The van der Waals surface area contributed by atoms with Gasteiger partial charge in [0.15, 0.2) is 0 Å². The monoisotopic (exact) mass is 178 g/mol. The fourth-order valence-corrected chi connectivity index (χ4v) is 1.56. The third kappa shape index (κ3) is 3.65. The van der Waals surface area contributed by atoms with Crippen molar-refractivity contribution in [2.24, 2.45) is 0 Å². The van der Waals surface area contributed by atoms with E-state index in [4.69, 9.17) is 4.74 Å². The molecule has 0 aromatic rings. The van der Waals surface area contributed by atoms with E-state index < -0.39 is 0 Å². The van der Waals surface area contributed by atoms with Gasteiger partial charge in [-0.1, -0.05) is 25.5 Å². The zero-order valence-electron chi connectivity index (χ0n) is 8.55. The van der Waals surface area contributed by atoms with Crippen molar-refractivity contribution in [1.29, 1.82) is 0 Å². The molecule has 0 saturated carbocycles. The van der Waals surface area contributed by atoms with Gasteiger partial charge >= 0.3 is 0 Å². The van der Waals surface area contributed by atoms with Crippen LogP contribution in [0.4, 0.5) is 0 Å². The van der Waals surface area contributed by atoms with E-state index in [-0.39, 0.29) is 6.10 Å². The molecule has 72 valence electrons. The van der Waals surface area contributed by atoms with Crippen LogP contribution in [0.1, 0.15) is 39.5 Å². The number of hydrogen-bond donors (Lipinski definition) is 0. The van der Waals surface area contributed by atoms with Crippen molar-refractivity contribution >= 4 is 0 Å². The Hall–Kier alpha value is -0.740. The van der Waals surface area contributed by atoms with E-state index in [9.17, 15) is 0 Å². The summed E-state index contributed by atoms with van der Waals surface area (Å²) in [6.45, 7) is 4.07. The molecular weight excluding hydrogens is 160 g/mol. The number of hydrogen-bond acceptors (Lipinski definition) is 1. The van der Waals surface area contributed by atoms with E-state index in [2.05, 4.69) is 30.9 Å². The summed E-state index contributed by atoms with van der Waals surface area (Å²) >= 11 is 0. The fourth-order valence-electron chi connectivity index (χ4n) is 1.56. The molecule has 1 heterocycles. The van der Waals surface area contributed by atoms with Gasteiger partial charge in [-0.25, -0.2) is 0 Å². The van der Waals surface area contributed by atoms with Crippen LogP contribution in [0.5, 0.6) is 0 Å². The minimum atomic E-state index is 0.234. The highest BCUT2D eigenvalue weighted by Crippen LogP contribution is 2.17. The molecule has 2 atom stereocenters. The van der Waals surface area contributed by atoms with Crippen LogP contribution in [0.2, 0.25) is 0 Å². The molecule has 0 fully saturated rings. The minimum Gasteiger partial charge on any atom is -0.370 e. The van der Waals surface area contributed by atoms with Crippen molar-refractivity contribution in [3.8, 4) is 11.8 Å². The molecular formula is C12H18O. The van der Waals surface area contributed by atoms with Crippen LogP contribution < -0.4 is 0 Å². The second kappa shape index (κ2) is 5.83. The Bertz CT molecular complexity index is 219. The van der Waals surface area contributed by atoms with Crippen molar-refractivity contribution in [2.75, 3.05) is 0 Å². The number of ether oxygens (including phenoxy) is 1. The summed E-state index contributed by atoms with van der Waals surface area (Å²) in [6.07, 6.45) is 9.31. The van der Waals surface area contributed by atoms with Crippen LogP contribution in [0.3, 0.4) is 0 Å². The Morgan fingerprint density at radius 1 is 1.54 bits per heavy atom. The van der Waals surface area contributed by atoms with Gasteiger partial charge in [-0.05, 0) is 19.8 Å². The third-order valence-electron chi connectivity index (χ3n) is 2.21. The molecule has 0 spiro atoms.